The molecule has 26 heteroatoms. The van der Waals surface area contributed by atoms with E-state index in [0.29, 0.717) is 0 Å². The average molecular weight is 692 g/mol. The van der Waals surface area contributed by atoms with Crippen LogP contribution in [0.4, 0.5) is 0 Å². The van der Waals surface area contributed by atoms with Crippen LogP contribution in [0.15, 0.2) is 0 Å². The van der Waals surface area contributed by atoms with Gasteiger partial charge in [0.15, 0.2) is 0 Å². The van der Waals surface area contributed by atoms with Crippen LogP contribution in [-0.4, -0.2) is 33.0 Å². The number of rotatable bonds is 0. The molecule has 0 saturated carbocycles. The first-order valence-electron chi connectivity index (χ1n) is 2.51. The second-order valence-corrected chi connectivity index (χ2v) is 2.16. The minimum atomic E-state index is -2.00. The van der Waals surface area contributed by atoms with Gasteiger partial charge in [0, 0.05) is 1.43 Å². The molecule has 0 rings (SSSR count). The SMILES string of the molecule is O.O.O.O.P.P.P.P.[HH].[O]=[Ti]=[O].[O]=[Ti]=[O].[O]=[Ti]=[O].[O]=[Ti][OH].[O]=[Ti][OH].[O]=[Ti][OH]. The molecule has 16 nitrogen and oxygen atoms in total. The molecule has 0 bridgehead atoms. The van der Waals surface area contributed by atoms with Crippen molar-refractivity contribution in [3.63, 3.8) is 0 Å². The molecule has 0 aromatic heterocycles. The van der Waals surface area contributed by atoms with E-state index in [2.05, 4.69) is 0 Å². The van der Waals surface area contributed by atoms with Crippen molar-refractivity contribution < 1.29 is 180 Å². The van der Waals surface area contributed by atoms with Crippen molar-refractivity contribution in [3.05, 3.63) is 0 Å². The summed E-state index contributed by atoms with van der Waals surface area (Å²) in [7, 11) is 0. The third-order valence-electron chi connectivity index (χ3n) is 0. The van der Waals surface area contributed by atoms with Crippen molar-refractivity contribution in [2.45, 2.75) is 0 Å². The Morgan fingerprint density at radius 3 is 0.385 bits per heavy atom. The summed E-state index contributed by atoms with van der Waals surface area (Å²) in [5.74, 6) is 0. The topological polar surface area (TPSA) is 340 Å². The summed E-state index contributed by atoms with van der Waals surface area (Å²) in [6.07, 6.45) is 0. The molecule has 0 radical (unpaired) electrons. The van der Waals surface area contributed by atoms with Gasteiger partial charge in [0.25, 0.3) is 0 Å². The Balaban J connectivity index is -0.00000000462. The summed E-state index contributed by atoms with van der Waals surface area (Å²) in [6, 6.07) is 0. The van der Waals surface area contributed by atoms with Crippen LogP contribution < -0.4 is 0 Å². The van der Waals surface area contributed by atoms with Gasteiger partial charge in [0.2, 0.25) is 0 Å². The first kappa shape index (κ1) is 98.7. The van der Waals surface area contributed by atoms with Gasteiger partial charge < -0.3 is 21.9 Å². The third kappa shape index (κ3) is 1310. The summed E-state index contributed by atoms with van der Waals surface area (Å²) in [6.45, 7) is 0. The average Bonchev–Trinajstić information content (AvgIpc) is 2.23. The maximum atomic E-state index is 8.61. The Morgan fingerprint density at radius 2 is 0.385 bits per heavy atom. The van der Waals surface area contributed by atoms with E-state index in [1.165, 1.54) is 0 Å². The summed E-state index contributed by atoms with van der Waals surface area (Å²) in [4.78, 5) is 0. The summed E-state index contributed by atoms with van der Waals surface area (Å²) >= 11 is -11.2. The normalized spacial score (nSPS) is 1.96. The van der Waals surface area contributed by atoms with Crippen molar-refractivity contribution in [2.24, 2.45) is 0 Å². The molecule has 26 heavy (non-hydrogen) atoms. The molecule has 0 spiro atoms. The van der Waals surface area contributed by atoms with Gasteiger partial charge in [-0.05, 0) is 0 Å². The molecule has 0 aliphatic carbocycles. The van der Waals surface area contributed by atoms with E-state index in [1.807, 2.05) is 0 Å². The Kier molecular flexibility index (Phi) is 869. The summed E-state index contributed by atoms with van der Waals surface area (Å²) < 4.78 is 98.2. The van der Waals surface area contributed by atoms with Crippen LogP contribution in [0.3, 0.4) is 0 Å². The van der Waals surface area contributed by atoms with Crippen molar-refractivity contribution in [2.75, 3.05) is 0 Å². The van der Waals surface area contributed by atoms with Gasteiger partial charge in [-0.25, -0.2) is 0 Å². The first-order chi connectivity index (χ1) is 8.49. The third-order valence-corrected chi connectivity index (χ3v) is 0. The van der Waals surface area contributed by atoms with Gasteiger partial charge in [0.1, 0.15) is 0 Å². The molecule has 165 valence electrons. The zero-order valence-corrected chi connectivity index (χ0v) is 27.9. The quantitative estimate of drug-likeness (QED) is 0.158. The molecule has 0 aromatic carbocycles. The Labute approximate surface area is 216 Å². The zero-order valence-electron chi connectivity index (χ0n) is 12.8. The van der Waals surface area contributed by atoms with E-state index < -0.39 is 116 Å². The zero-order chi connectivity index (χ0) is 16.2. The van der Waals surface area contributed by atoms with Crippen LogP contribution >= 0.6 is 39.6 Å². The van der Waals surface area contributed by atoms with Crippen LogP contribution in [-0.2, 0) is 146 Å². The Morgan fingerprint density at radius 1 is 0.385 bits per heavy atom. The van der Waals surface area contributed by atoms with Crippen LogP contribution in [0.1, 0.15) is 1.43 Å². The van der Waals surface area contributed by atoms with Gasteiger partial charge in [-0.2, -0.15) is 39.6 Å². The molecule has 0 aliphatic heterocycles. The molecule has 4 unspecified atom stereocenters. The van der Waals surface area contributed by atoms with E-state index >= 15 is 0 Å². The van der Waals surface area contributed by atoms with Crippen LogP contribution in [0, 0.1) is 0 Å². The fourth-order valence-electron chi connectivity index (χ4n) is 0. The molecule has 11 N–H and O–H groups in total. The summed E-state index contributed by atoms with van der Waals surface area (Å²) in [5.41, 5.74) is 0. The fraction of sp³-hybridized carbons (Fsp3) is 0. The Bertz CT molecular complexity index is 219. The van der Waals surface area contributed by atoms with Crippen LogP contribution in [0.25, 0.3) is 0 Å². The molecule has 0 aliphatic rings. The fourth-order valence-corrected chi connectivity index (χ4v) is 0. The van der Waals surface area contributed by atoms with Crippen molar-refractivity contribution in [1.82, 2.24) is 0 Å². The second kappa shape index (κ2) is 229. The number of hydrogen-bond acceptors (Lipinski definition) is 9. The van der Waals surface area contributed by atoms with Gasteiger partial charge in [-0.15, -0.1) is 0 Å². The predicted molar refractivity (Wildman–Crippen MR) is 73.8 cm³/mol. The molecule has 0 saturated heterocycles. The van der Waals surface area contributed by atoms with Crippen molar-refractivity contribution in [1.29, 1.82) is 0 Å². The van der Waals surface area contributed by atoms with Crippen molar-refractivity contribution >= 4 is 39.6 Å². The molecule has 0 heterocycles. The van der Waals surface area contributed by atoms with E-state index in [9.17, 15) is 0 Å². The van der Waals surface area contributed by atoms with Gasteiger partial charge in [-0.1, -0.05) is 0 Å². The molecular formula is H25O16P4Ti6. The maximum absolute atomic E-state index is 8.61. The van der Waals surface area contributed by atoms with E-state index in [0.717, 1.165) is 0 Å². The summed E-state index contributed by atoms with van der Waals surface area (Å²) in [5, 5.41) is 0. The van der Waals surface area contributed by atoms with E-state index in [-0.39, 0.29) is 62.9 Å². The molecule has 0 amide bonds. The van der Waals surface area contributed by atoms with E-state index in [4.69, 9.17) is 41.0 Å². The van der Waals surface area contributed by atoms with Crippen LogP contribution in [0.5, 0.6) is 0 Å². The molecule has 0 fully saturated rings. The molecule has 4 atom stereocenters. The van der Waals surface area contributed by atoms with Crippen LogP contribution in [0.2, 0.25) is 0 Å². The molecular weight excluding hydrogens is 667 g/mol. The Hall–Kier alpha value is 3.93. The van der Waals surface area contributed by atoms with E-state index in [1.54, 1.807) is 0 Å². The standard InChI is InChI=1S/7H2O.9O.4H3P.6Ti.H2/h7*1H2;;;;;;;;;;4*1H3;;;;;;;1H/q;;;;;;;;;;;;;;;;;;;;;;;3*+1;/p-3. The minimum absolute atomic E-state index is 0. The van der Waals surface area contributed by atoms with Gasteiger partial charge in [-0.3, -0.25) is 0 Å². The second-order valence-electron chi connectivity index (χ2n) is 0.524. The van der Waals surface area contributed by atoms with Gasteiger partial charge >= 0.3 is 157 Å². The predicted octanol–water partition coefficient (Wildman–Crippen LogP) is -5.58. The monoisotopic (exact) mass is 693 g/mol. The first-order valence-corrected chi connectivity index (χ1v) is 10.3. The number of hydrogen-bond donors (Lipinski definition) is 3. The molecule has 0 aromatic rings. The van der Waals surface area contributed by atoms with Crippen molar-refractivity contribution in [3.8, 4) is 0 Å². The van der Waals surface area contributed by atoms with Gasteiger partial charge in [0.05, 0.1) is 0 Å².